The number of amides is 3. The van der Waals surface area contributed by atoms with Gasteiger partial charge in [-0.1, -0.05) is 39.7 Å². The van der Waals surface area contributed by atoms with Gasteiger partial charge in [-0.25, -0.2) is 14.4 Å². The number of aromatic amines is 1. The number of piperidine rings is 1. The standard InChI is InChI=1S/C28H32ClN5O5.C16H22N2O4.C12H14N2O4.C10H12N2O2.C6H11BrO2.CH2O3.2Cs.H/c29-19-3-1-2-4-23(19)39-22-5-6-33(20-13-18(20)22)24(36)14-34-21-12-16-11-17(16)26(21)27(30-34)28(38)32-9-7-31(8-10-32)25(37)15-35;1-5-21-15(20)14-13-10-6-9(10)7-11(13)18(17-14)8-12(19)22-16(2,3)4;1-2-18-12(17)11-10-7-3-6(7)4-8(10)14(13-11)5-9(15)16;1-2-14-10(13)9-8-6-3-5(6)4-7(8)11-12-9;1-6(2,3)9-5(8)4-7;2-1-4-3;;;/h1-4,16-18,20,22,35H,5-15H2;9-10H,5-8H2,1-4H3;6-7H,2-5H2,1H3,(H,15,16);5-6H,2-4H2,1H3,(H,11,12);4H2,1-3H3;1,3H;;;/q;;;;;;2*+1;-1/p-1/t16-,17-,18?,20?,22?;9-,10-;6-,7-;5-,6-;;;;;/m1111...../s1. The molecule has 1 aromatic carbocycles. The molecule has 108 heavy (non-hydrogen) atoms. The number of aliphatic carboxylic acids is 1. The third-order valence-electron chi connectivity index (χ3n) is 20.5. The number of carbonyl (C=O) groups excluding carboxylic acids is 9. The zero-order valence-corrected chi connectivity index (χ0v) is 77.9. The molecule has 2 saturated heterocycles. The Labute approximate surface area is 757 Å². The number of hydrogen-bond acceptors (Lipinski definition) is 23. The maximum atomic E-state index is 13.5. The molecule has 5 aromatic rings. The first-order valence-electron chi connectivity index (χ1n) is 36.2. The summed E-state index contributed by atoms with van der Waals surface area (Å²) in [5.41, 5.74) is 8.97. The van der Waals surface area contributed by atoms with Crippen LogP contribution in [0.1, 0.15) is 213 Å². The van der Waals surface area contributed by atoms with Gasteiger partial charge in [0, 0.05) is 96.1 Å². The average Bonchev–Trinajstić information content (AvgIpc) is 1.57. The van der Waals surface area contributed by atoms with Crippen molar-refractivity contribution in [3.8, 4) is 5.75 Å². The number of fused-ring (bicyclic) bond motifs is 13. The molecule has 3 N–H and O–H groups in total. The van der Waals surface area contributed by atoms with E-state index in [-0.39, 0.29) is 224 Å². The molecule has 11 atom stereocenters. The molecule has 9 aliphatic carbocycles. The predicted molar refractivity (Wildman–Crippen MR) is 376 cm³/mol. The second-order valence-corrected chi connectivity index (χ2v) is 31.1. The molecule has 11 aliphatic rings. The topological polar surface area (TPSA) is 391 Å². The van der Waals surface area contributed by atoms with E-state index in [4.69, 9.17) is 65.4 Å². The summed E-state index contributed by atoms with van der Waals surface area (Å²) in [6, 6.07) is 7.67. The van der Waals surface area contributed by atoms with Crippen LogP contribution in [0.5, 0.6) is 5.75 Å². The van der Waals surface area contributed by atoms with Gasteiger partial charge in [-0.3, -0.25) is 52.7 Å². The van der Waals surface area contributed by atoms with Gasteiger partial charge in [-0.2, -0.15) is 20.4 Å². The molecule has 0 bridgehead atoms. The molecule has 0 radical (unpaired) electrons. The summed E-state index contributed by atoms with van der Waals surface area (Å²) >= 11 is 9.27. The second kappa shape index (κ2) is 37.5. The van der Waals surface area contributed by atoms with Crippen molar-refractivity contribution in [3.05, 3.63) is 97.1 Å². The van der Waals surface area contributed by atoms with Crippen LogP contribution in [0.25, 0.3) is 0 Å². The Morgan fingerprint density at radius 1 is 0.620 bits per heavy atom. The van der Waals surface area contributed by atoms with Gasteiger partial charge in [0.15, 0.2) is 22.8 Å². The second-order valence-electron chi connectivity index (χ2n) is 30.1. The Morgan fingerprint density at radius 3 is 1.55 bits per heavy atom. The number of likely N-dealkylation sites (tertiary alicyclic amines) is 1. The maximum Gasteiger partial charge on any atom is 1.00 e. The zero-order chi connectivity index (χ0) is 76.4. The van der Waals surface area contributed by atoms with Gasteiger partial charge in [0.2, 0.25) is 11.8 Å². The van der Waals surface area contributed by atoms with Gasteiger partial charge in [-0.05, 0) is 180 Å². The number of piperazine rings is 1. The van der Waals surface area contributed by atoms with Crippen LogP contribution in [0, 0.1) is 29.6 Å². The van der Waals surface area contributed by atoms with Crippen molar-refractivity contribution in [2.24, 2.45) is 29.6 Å². The maximum absolute atomic E-state index is 13.5. The van der Waals surface area contributed by atoms with E-state index in [1.807, 2.05) is 77.6 Å². The Morgan fingerprint density at radius 2 is 1.07 bits per heavy atom. The molecule has 2 aliphatic heterocycles. The number of aliphatic hydroxyl groups is 1. The number of para-hydroxylation sites is 1. The quantitative estimate of drug-likeness (QED) is 0.0258. The van der Waals surface area contributed by atoms with E-state index < -0.39 is 30.1 Å². The number of carbonyl (C=O) groups is 10. The van der Waals surface area contributed by atoms with E-state index in [0.717, 1.165) is 109 Å². The number of esters is 5. The summed E-state index contributed by atoms with van der Waals surface area (Å²) in [7, 11) is 0. The fraction of sp³-hybridized carbons (Fsp3) is 0.616. The fourth-order valence-corrected chi connectivity index (χ4v) is 15.9. The monoisotopic (exact) mass is 1820 g/mol. The number of nitrogens with one attached hydrogen (secondary N) is 1. The Kier molecular flexibility index (Phi) is 30.4. The molecule has 3 unspecified atom stereocenters. The summed E-state index contributed by atoms with van der Waals surface area (Å²) in [6.45, 7) is 18.9. The summed E-state index contributed by atoms with van der Waals surface area (Å²) in [6.07, 6.45) is 9.87. The Hall–Kier alpha value is -4.65. The van der Waals surface area contributed by atoms with E-state index in [9.17, 15) is 43.2 Å². The first-order valence-corrected chi connectivity index (χ1v) is 37.7. The average molecular weight is 1830 g/mol. The molecule has 5 saturated carbocycles. The number of alkyl halides is 1. The third kappa shape index (κ3) is 21.0. The number of ether oxygens (including phenoxy) is 6. The number of aliphatic hydroxyl groups excluding tert-OH is 1. The van der Waals surface area contributed by atoms with Crippen LogP contribution in [-0.2, 0) is 103 Å². The SMILES string of the molecule is CC(C)(C)OC(=O)CBr.CCOC(=O)c1n[nH]c2c1[C@@H]1C[C@@H]1C2.CCOC(=O)c1nn(CC(=O)O)c2c1[C@@H]1C[C@@H]1C2.CCOC(=O)c1nn(CC(=O)OC(C)(C)C)c2c1[C@@H]1C[C@@H]1C2.O=C(CO)N1CCN(C(=O)c2nn(CC(=O)N3CCC(Oc4ccccc4Cl)C4CC43)c3c2[C@@H]2C[C@@H]2C3)CC1.O=CO[O-].[Cs+].[Cs+].[H-]. The van der Waals surface area contributed by atoms with Crippen molar-refractivity contribution in [1.82, 2.24) is 54.2 Å². The van der Waals surface area contributed by atoms with E-state index in [2.05, 4.69) is 41.2 Å². The van der Waals surface area contributed by atoms with E-state index >= 15 is 0 Å². The fourth-order valence-electron chi connectivity index (χ4n) is 15.6. The summed E-state index contributed by atoms with van der Waals surface area (Å²) < 4.78 is 36.3. The van der Waals surface area contributed by atoms with Crippen LogP contribution in [0.15, 0.2) is 24.3 Å². The number of carboxylic acids is 1. The molecule has 576 valence electrons. The molecule has 3 amide bonds. The number of rotatable bonds is 18. The minimum absolute atomic E-state index is 0. The zero-order valence-electron chi connectivity index (χ0n) is 64.0. The minimum Gasteiger partial charge on any atom is -1.00 e. The van der Waals surface area contributed by atoms with Crippen molar-refractivity contribution >= 4 is 87.5 Å². The largest absolute Gasteiger partial charge is 1.00 e. The van der Waals surface area contributed by atoms with Gasteiger partial charge in [-0.15, -0.1) is 0 Å². The van der Waals surface area contributed by atoms with E-state index in [1.54, 1.807) is 33.0 Å². The van der Waals surface area contributed by atoms with Crippen LogP contribution < -0.4 is 148 Å². The van der Waals surface area contributed by atoms with Crippen molar-refractivity contribution in [2.75, 3.05) is 64.5 Å². The molecule has 16 rings (SSSR count). The minimum atomic E-state index is -0.948. The molecule has 35 heteroatoms. The Bertz CT molecular complexity index is 4190. The smallest absolute Gasteiger partial charge is 1.00 e. The van der Waals surface area contributed by atoms with Crippen LogP contribution in [0.3, 0.4) is 0 Å². The molecule has 7 fully saturated rings. The number of H-pyrrole nitrogens is 1. The third-order valence-corrected chi connectivity index (χ3v) is 21.2. The van der Waals surface area contributed by atoms with E-state index in [1.165, 1.54) is 11.1 Å². The van der Waals surface area contributed by atoms with Crippen LogP contribution in [0.2, 0.25) is 5.02 Å². The summed E-state index contributed by atoms with van der Waals surface area (Å²) in [5, 5.41) is 47.4. The predicted octanol–water partition coefficient (Wildman–Crippen LogP) is -0.0695. The van der Waals surface area contributed by atoms with Crippen LogP contribution >= 0.6 is 27.5 Å². The van der Waals surface area contributed by atoms with Crippen molar-refractivity contribution in [2.45, 2.75) is 193 Å². The number of benzene rings is 1. The van der Waals surface area contributed by atoms with Gasteiger partial charge in [0.05, 0.1) is 24.8 Å². The number of hydrogen-bond donors (Lipinski definition) is 3. The molecule has 0 spiro atoms. The van der Waals surface area contributed by atoms with Gasteiger partial charge in [0.25, 0.3) is 12.4 Å². The molecule has 31 nitrogen and oxygen atoms in total. The van der Waals surface area contributed by atoms with Crippen LogP contribution in [-0.4, -0.2) is 212 Å². The normalized spacial score (nSPS) is 23.3. The van der Waals surface area contributed by atoms with Gasteiger partial charge < -0.3 is 64.9 Å². The summed E-state index contributed by atoms with van der Waals surface area (Å²) in [5.74, 6) is 2.24. The molecular weight excluding hydrogens is 1730 g/mol. The van der Waals surface area contributed by atoms with Gasteiger partial charge in [0.1, 0.15) is 54.6 Å². The molecule has 6 heterocycles. The van der Waals surface area contributed by atoms with Crippen molar-refractivity contribution < 1.29 is 236 Å². The number of aromatic nitrogens is 8. The molecule has 4 aromatic heterocycles. The van der Waals surface area contributed by atoms with Crippen LogP contribution in [0.4, 0.5) is 0 Å². The van der Waals surface area contributed by atoms with Gasteiger partial charge >= 0.3 is 174 Å². The first-order chi connectivity index (χ1) is 50.5. The van der Waals surface area contributed by atoms with Crippen molar-refractivity contribution in [1.29, 1.82) is 0 Å². The first kappa shape index (κ1) is 87.3. The number of nitrogens with zero attached hydrogens (tertiary/aromatic N) is 10. The Balaban J connectivity index is 0.000000182. The summed E-state index contributed by atoms with van der Waals surface area (Å²) in [4.78, 5) is 124. The number of halogens is 2. The van der Waals surface area contributed by atoms with E-state index in [0.29, 0.717) is 133 Å². The molecular formula is C73H93BrClCs2N11O20. The number of carboxylic acid groups (broad SMARTS) is 1. The van der Waals surface area contributed by atoms with Crippen molar-refractivity contribution in [3.63, 3.8) is 0 Å².